The van der Waals surface area contributed by atoms with Crippen molar-refractivity contribution in [3.05, 3.63) is 53.9 Å². The molecule has 112 valence electrons. The number of rotatable bonds is 4. The fourth-order valence-corrected chi connectivity index (χ4v) is 2.84. The molecule has 1 aliphatic heterocycles. The second-order valence-electron chi connectivity index (χ2n) is 5.51. The van der Waals surface area contributed by atoms with E-state index in [1.54, 1.807) is 6.20 Å². The Hall–Kier alpha value is -2.61. The van der Waals surface area contributed by atoms with Crippen molar-refractivity contribution in [1.29, 1.82) is 5.26 Å². The van der Waals surface area contributed by atoms with Crippen molar-refractivity contribution in [1.82, 2.24) is 14.8 Å². The van der Waals surface area contributed by atoms with Gasteiger partial charge in [-0.3, -0.25) is 9.69 Å². The average molecular weight is 293 g/mol. The molecule has 0 amide bonds. The molecular formula is C17H19N5. The van der Waals surface area contributed by atoms with Crippen molar-refractivity contribution in [3.63, 3.8) is 0 Å². The number of hydrazone groups is 1. The molecule has 0 aliphatic carbocycles. The van der Waals surface area contributed by atoms with Gasteiger partial charge in [-0.25, -0.2) is 0 Å². The highest BCUT2D eigenvalue weighted by Gasteiger charge is 2.33. The Labute approximate surface area is 130 Å². The van der Waals surface area contributed by atoms with Crippen LogP contribution >= 0.6 is 0 Å². The molecule has 0 fully saturated rings. The molecule has 22 heavy (non-hydrogen) atoms. The van der Waals surface area contributed by atoms with E-state index in [4.69, 9.17) is 0 Å². The lowest BCUT2D eigenvalue weighted by Gasteiger charge is -2.27. The van der Waals surface area contributed by atoms with Crippen molar-refractivity contribution < 1.29 is 0 Å². The van der Waals surface area contributed by atoms with Crippen LogP contribution in [0.5, 0.6) is 0 Å². The molecule has 3 rings (SSSR count). The van der Waals surface area contributed by atoms with Gasteiger partial charge in [0.25, 0.3) is 0 Å². The standard InChI is InChI=1S/C17H19N5/c1-3-21-12-15(11-19-21)17(10-18)22-16(9-13(2)20-22)14-7-5-4-6-8-14/h4-8,11-12,16-17H,3,9H2,1-2H3/t16-,17+/m1/s1. The topological polar surface area (TPSA) is 57.2 Å². The number of nitrogens with zero attached hydrogens (tertiary/aromatic N) is 5. The Balaban J connectivity index is 1.94. The van der Waals surface area contributed by atoms with Gasteiger partial charge in [-0.1, -0.05) is 30.3 Å². The quantitative estimate of drug-likeness (QED) is 0.869. The Morgan fingerprint density at radius 2 is 2.14 bits per heavy atom. The second-order valence-corrected chi connectivity index (χ2v) is 5.51. The van der Waals surface area contributed by atoms with Crippen LogP contribution in [0.1, 0.15) is 43.5 Å². The predicted octanol–water partition coefficient (Wildman–Crippen LogP) is 3.29. The molecule has 0 radical (unpaired) electrons. The van der Waals surface area contributed by atoms with Crippen molar-refractivity contribution in [2.45, 2.75) is 38.9 Å². The highest BCUT2D eigenvalue weighted by Crippen LogP contribution is 2.37. The molecule has 2 aromatic rings. The van der Waals surface area contributed by atoms with E-state index < -0.39 is 6.04 Å². The van der Waals surface area contributed by atoms with Gasteiger partial charge < -0.3 is 0 Å². The maximum atomic E-state index is 9.67. The number of aromatic nitrogens is 2. The minimum absolute atomic E-state index is 0.107. The highest BCUT2D eigenvalue weighted by molar-refractivity contribution is 5.84. The van der Waals surface area contributed by atoms with Crippen molar-refractivity contribution in [2.75, 3.05) is 0 Å². The number of nitriles is 1. The Morgan fingerprint density at radius 1 is 1.36 bits per heavy atom. The average Bonchev–Trinajstić information content (AvgIpc) is 3.16. The van der Waals surface area contributed by atoms with E-state index in [1.165, 1.54) is 5.56 Å². The van der Waals surface area contributed by atoms with E-state index in [0.29, 0.717) is 0 Å². The van der Waals surface area contributed by atoms with Gasteiger partial charge in [-0.2, -0.15) is 15.5 Å². The summed E-state index contributed by atoms with van der Waals surface area (Å²) in [5.41, 5.74) is 3.13. The lowest BCUT2D eigenvalue weighted by atomic mass is 10.0. The first-order valence-electron chi connectivity index (χ1n) is 7.52. The zero-order chi connectivity index (χ0) is 15.5. The first-order chi connectivity index (χ1) is 10.7. The van der Waals surface area contributed by atoms with E-state index >= 15 is 0 Å². The Morgan fingerprint density at radius 3 is 2.77 bits per heavy atom. The van der Waals surface area contributed by atoms with E-state index in [-0.39, 0.29) is 6.04 Å². The lowest BCUT2D eigenvalue weighted by molar-refractivity contribution is 0.196. The first-order valence-corrected chi connectivity index (χ1v) is 7.52. The molecule has 2 heterocycles. The summed E-state index contributed by atoms with van der Waals surface area (Å²) in [7, 11) is 0. The van der Waals surface area contributed by atoms with Crippen LogP contribution in [0.15, 0.2) is 47.8 Å². The van der Waals surface area contributed by atoms with Gasteiger partial charge >= 0.3 is 0 Å². The van der Waals surface area contributed by atoms with Gasteiger partial charge in [0.2, 0.25) is 0 Å². The van der Waals surface area contributed by atoms with E-state index in [1.807, 2.05) is 47.9 Å². The molecule has 2 atom stereocenters. The minimum atomic E-state index is -0.414. The van der Waals surface area contributed by atoms with Gasteiger partial charge in [0, 0.05) is 30.4 Å². The van der Waals surface area contributed by atoms with Crippen LogP contribution in [-0.2, 0) is 6.54 Å². The van der Waals surface area contributed by atoms with Crippen LogP contribution in [0, 0.1) is 11.3 Å². The molecule has 0 N–H and O–H groups in total. The fraction of sp³-hybridized carbons (Fsp3) is 0.353. The van der Waals surface area contributed by atoms with Crippen LogP contribution < -0.4 is 0 Å². The molecule has 0 spiro atoms. The van der Waals surface area contributed by atoms with Crippen LogP contribution in [-0.4, -0.2) is 20.5 Å². The highest BCUT2D eigenvalue weighted by atomic mass is 15.5. The van der Waals surface area contributed by atoms with Gasteiger partial charge in [0.05, 0.1) is 18.3 Å². The third-order valence-corrected chi connectivity index (χ3v) is 3.96. The zero-order valence-electron chi connectivity index (χ0n) is 12.8. The number of hydrogen-bond acceptors (Lipinski definition) is 4. The van der Waals surface area contributed by atoms with Crippen molar-refractivity contribution in [3.8, 4) is 6.07 Å². The molecule has 0 unspecified atom stereocenters. The number of benzene rings is 1. The van der Waals surface area contributed by atoms with E-state index in [0.717, 1.165) is 24.2 Å². The van der Waals surface area contributed by atoms with Crippen LogP contribution in [0.3, 0.4) is 0 Å². The molecular weight excluding hydrogens is 274 g/mol. The summed E-state index contributed by atoms with van der Waals surface area (Å²) in [6.07, 6.45) is 4.55. The van der Waals surface area contributed by atoms with Crippen LogP contribution in [0.25, 0.3) is 0 Å². The van der Waals surface area contributed by atoms with Crippen LogP contribution in [0.4, 0.5) is 0 Å². The maximum absolute atomic E-state index is 9.67. The van der Waals surface area contributed by atoms with E-state index in [9.17, 15) is 5.26 Å². The third-order valence-electron chi connectivity index (χ3n) is 3.96. The molecule has 5 heteroatoms. The molecule has 0 saturated heterocycles. The summed E-state index contributed by atoms with van der Waals surface area (Å²) in [6, 6.07) is 12.3. The predicted molar refractivity (Wildman–Crippen MR) is 85.0 cm³/mol. The fourth-order valence-electron chi connectivity index (χ4n) is 2.84. The second kappa shape index (κ2) is 6.02. The summed E-state index contributed by atoms with van der Waals surface area (Å²) in [5.74, 6) is 0. The normalized spacial score (nSPS) is 18.9. The summed E-state index contributed by atoms with van der Waals surface area (Å²) in [6.45, 7) is 4.84. The van der Waals surface area contributed by atoms with Crippen molar-refractivity contribution in [2.24, 2.45) is 5.10 Å². The summed E-state index contributed by atoms with van der Waals surface area (Å²) in [4.78, 5) is 0. The van der Waals surface area contributed by atoms with E-state index in [2.05, 4.69) is 28.4 Å². The molecule has 0 saturated carbocycles. The smallest absolute Gasteiger partial charge is 0.162 e. The van der Waals surface area contributed by atoms with Crippen LogP contribution in [0.2, 0.25) is 0 Å². The number of aryl methyl sites for hydroxylation is 1. The number of hydrogen-bond donors (Lipinski definition) is 0. The first kappa shape index (κ1) is 14.3. The zero-order valence-corrected chi connectivity index (χ0v) is 12.8. The maximum Gasteiger partial charge on any atom is 0.162 e. The third kappa shape index (κ3) is 2.60. The SMILES string of the molecule is CCn1cc([C@H](C#N)N2N=C(C)C[C@@H]2c2ccccc2)cn1. The van der Waals surface area contributed by atoms with Gasteiger partial charge in [-0.15, -0.1) is 0 Å². The molecule has 1 aromatic heterocycles. The molecule has 5 nitrogen and oxygen atoms in total. The monoisotopic (exact) mass is 293 g/mol. The lowest BCUT2D eigenvalue weighted by Crippen LogP contribution is -2.24. The summed E-state index contributed by atoms with van der Waals surface area (Å²) < 4.78 is 1.84. The molecule has 0 bridgehead atoms. The molecule has 1 aliphatic rings. The largest absolute Gasteiger partial charge is 0.273 e. The minimum Gasteiger partial charge on any atom is -0.273 e. The summed E-state index contributed by atoms with van der Waals surface area (Å²) >= 11 is 0. The van der Waals surface area contributed by atoms with Gasteiger partial charge in [0.1, 0.15) is 0 Å². The van der Waals surface area contributed by atoms with Crippen molar-refractivity contribution >= 4 is 5.71 Å². The summed E-state index contributed by atoms with van der Waals surface area (Å²) in [5, 5.41) is 20.5. The Bertz CT molecular complexity index is 710. The van der Waals surface area contributed by atoms with Gasteiger partial charge in [-0.05, 0) is 19.4 Å². The molecule has 1 aromatic carbocycles. The Kier molecular flexibility index (Phi) is 3.92. The van der Waals surface area contributed by atoms with Gasteiger partial charge in [0.15, 0.2) is 6.04 Å².